The van der Waals surface area contributed by atoms with Crippen molar-refractivity contribution in [3.63, 3.8) is 0 Å². The van der Waals surface area contributed by atoms with Crippen LogP contribution in [0.2, 0.25) is 0 Å². The number of aliphatic hydroxyl groups excluding tert-OH is 1. The van der Waals surface area contributed by atoms with Crippen LogP contribution in [-0.2, 0) is 15.7 Å². The maximum Gasteiger partial charge on any atom is 0.418 e. The molecule has 0 saturated heterocycles. The Morgan fingerprint density at radius 1 is 1.56 bits per heavy atom. The first-order chi connectivity index (χ1) is 8.36. The van der Waals surface area contributed by atoms with Crippen LogP contribution in [0.25, 0.3) is 0 Å². The van der Waals surface area contributed by atoms with Crippen molar-refractivity contribution in [2.45, 2.75) is 25.6 Å². The Hall–Kier alpha value is -1.63. The Labute approximate surface area is 101 Å². The van der Waals surface area contributed by atoms with E-state index in [2.05, 4.69) is 9.72 Å². The van der Waals surface area contributed by atoms with E-state index in [0.717, 1.165) is 18.3 Å². The van der Waals surface area contributed by atoms with Gasteiger partial charge in [-0.2, -0.15) is 13.2 Å². The predicted octanol–water partition coefficient (Wildman–Crippen LogP) is 2.09. The summed E-state index contributed by atoms with van der Waals surface area (Å²) in [7, 11) is 0. The second kappa shape index (κ2) is 5.81. The SMILES string of the molecule is CCOC(=O)CC(O)c1ncccc1C(F)(F)F. The van der Waals surface area contributed by atoms with Gasteiger partial charge in [0.15, 0.2) is 0 Å². The number of aromatic nitrogens is 1. The predicted molar refractivity (Wildman–Crippen MR) is 55.4 cm³/mol. The first kappa shape index (κ1) is 14.4. The van der Waals surface area contributed by atoms with Crippen molar-refractivity contribution in [3.05, 3.63) is 29.6 Å². The Morgan fingerprint density at radius 3 is 2.78 bits per heavy atom. The Morgan fingerprint density at radius 2 is 2.22 bits per heavy atom. The lowest BCUT2D eigenvalue weighted by Gasteiger charge is -2.15. The third-order valence-electron chi connectivity index (χ3n) is 2.12. The molecule has 1 rings (SSSR count). The zero-order chi connectivity index (χ0) is 13.8. The van der Waals surface area contributed by atoms with Crippen molar-refractivity contribution in [3.8, 4) is 0 Å². The molecular weight excluding hydrogens is 251 g/mol. The quantitative estimate of drug-likeness (QED) is 0.845. The number of pyridine rings is 1. The minimum absolute atomic E-state index is 0.0971. The highest BCUT2D eigenvalue weighted by Crippen LogP contribution is 2.34. The molecule has 0 radical (unpaired) electrons. The number of carbonyl (C=O) groups is 1. The first-order valence-electron chi connectivity index (χ1n) is 5.22. The number of halogens is 3. The third kappa shape index (κ3) is 3.69. The number of aliphatic hydroxyl groups is 1. The summed E-state index contributed by atoms with van der Waals surface area (Å²) >= 11 is 0. The fourth-order valence-electron chi connectivity index (χ4n) is 1.40. The smallest absolute Gasteiger partial charge is 0.418 e. The van der Waals surface area contributed by atoms with Crippen LogP contribution in [0.3, 0.4) is 0 Å². The van der Waals surface area contributed by atoms with Gasteiger partial charge in [0.2, 0.25) is 0 Å². The number of carbonyl (C=O) groups excluding carboxylic acids is 1. The Kier molecular flexibility index (Phi) is 4.66. The highest BCUT2D eigenvalue weighted by Gasteiger charge is 2.36. The summed E-state index contributed by atoms with van der Waals surface area (Å²) in [4.78, 5) is 14.6. The van der Waals surface area contributed by atoms with Gasteiger partial charge in [0.05, 0.1) is 24.3 Å². The molecule has 0 aliphatic carbocycles. The van der Waals surface area contributed by atoms with E-state index in [1.54, 1.807) is 6.92 Å². The minimum Gasteiger partial charge on any atom is -0.466 e. The normalized spacial score (nSPS) is 13.2. The summed E-state index contributed by atoms with van der Waals surface area (Å²) in [5.74, 6) is -0.774. The van der Waals surface area contributed by atoms with Crippen LogP contribution in [0.5, 0.6) is 0 Å². The second-order valence-corrected chi connectivity index (χ2v) is 3.46. The maximum absolute atomic E-state index is 12.6. The summed E-state index contributed by atoms with van der Waals surface area (Å²) in [5.41, 5.74) is -1.63. The van der Waals surface area contributed by atoms with Crippen LogP contribution < -0.4 is 0 Å². The molecule has 7 heteroatoms. The highest BCUT2D eigenvalue weighted by atomic mass is 19.4. The molecule has 18 heavy (non-hydrogen) atoms. The summed E-state index contributed by atoms with van der Waals surface area (Å²) in [6.07, 6.45) is -5.70. The topological polar surface area (TPSA) is 59.4 Å². The van der Waals surface area contributed by atoms with Gasteiger partial charge in [0, 0.05) is 6.20 Å². The molecule has 0 saturated carbocycles. The number of alkyl halides is 3. The molecule has 1 N–H and O–H groups in total. The molecule has 0 aromatic carbocycles. The van der Waals surface area contributed by atoms with Crippen LogP contribution in [0, 0.1) is 0 Å². The number of esters is 1. The molecule has 4 nitrogen and oxygen atoms in total. The molecular formula is C11H12F3NO3. The monoisotopic (exact) mass is 263 g/mol. The van der Waals surface area contributed by atoms with E-state index in [1.807, 2.05) is 0 Å². The molecule has 1 aromatic rings. The largest absolute Gasteiger partial charge is 0.466 e. The van der Waals surface area contributed by atoms with Gasteiger partial charge in [0.1, 0.15) is 6.10 Å². The van der Waals surface area contributed by atoms with Crippen LogP contribution in [0.15, 0.2) is 18.3 Å². The van der Waals surface area contributed by atoms with Crippen LogP contribution in [-0.4, -0.2) is 22.7 Å². The lowest BCUT2D eigenvalue weighted by atomic mass is 10.1. The standard InChI is InChI=1S/C11H12F3NO3/c1-2-18-9(17)6-8(16)10-7(11(12,13)14)4-3-5-15-10/h3-5,8,16H,2,6H2,1H3. The van der Waals surface area contributed by atoms with E-state index < -0.39 is 35.9 Å². The maximum atomic E-state index is 12.6. The van der Waals surface area contributed by atoms with Gasteiger partial charge in [-0.15, -0.1) is 0 Å². The van der Waals surface area contributed by atoms with E-state index in [0.29, 0.717) is 0 Å². The first-order valence-corrected chi connectivity index (χ1v) is 5.22. The molecule has 0 fully saturated rings. The fourth-order valence-corrected chi connectivity index (χ4v) is 1.40. The van der Waals surface area contributed by atoms with Crippen LogP contribution in [0.1, 0.15) is 30.7 Å². The molecule has 100 valence electrons. The number of hydrogen-bond acceptors (Lipinski definition) is 4. The molecule has 1 heterocycles. The highest BCUT2D eigenvalue weighted by molar-refractivity contribution is 5.70. The van der Waals surface area contributed by atoms with Crippen LogP contribution in [0.4, 0.5) is 13.2 Å². The van der Waals surface area contributed by atoms with Gasteiger partial charge in [-0.05, 0) is 19.1 Å². The van der Waals surface area contributed by atoms with Crippen molar-refractivity contribution in [1.29, 1.82) is 0 Å². The van der Waals surface area contributed by atoms with Gasteiger partial charge in [-0.3, -0.25) is 9.78 Å². The number of hydrogen-bond donors (Lipinski definition) is 1. The van der Waals surface area contributed by atoms with E-state index >= 15 is 0 Å². The van der Waals surface area contributed by atoms with Crippen molar-refractivity contribution in [2.24, 2.45) is 0 Å². The molecule has 0 aliphatic heterocycles. The van der Waals surface area contributed by atoms with E-state index in [4.69, 9.17) is 0 Å². The molecule has 1 unspecified atom stereocenters. The average molecular weight is 263 g/mol. The zero-order valence-corrected chi connectivity index (χ0v) is 9.57. The average Bonchev–Trinajstić information content (AvgIpc) is 2.28. The summed E-state index contributed by atoms with van der Waals surface area (Å²) in [5, 5.41) is 9.60. The third-order valence-corrected chi connectivity index (χ3v) is 2.12. The van der Waals surface area contributed by atoms with Crippen molar-refractivity contribution in [1.82, 2.24) is 4.98 Å². The van der Waals surface area contributed by atoms with Gasteiger partial charge in [-0.25, -0.2) is 0 Å². The molecule has 0 amide bonds. The van der Waals surface area contributed by atoms with Crippen molar-refractivity contribution < 1.29 is 27.8 Å². The van der Waals surface area contributed by atoms with Crippen LogP contribution >= 0.6 is 0 Å². The molecule has 0 bridgehead atoms. The lowest BCUT2D eigenvalue weighted by Crippen LogP contribution is -2.17. The lowest BCUT2D eigenvalue weighted by molar-refractivity contribution is -0.147. The van der Waals surface area contributed by atoms with E-state index in [-0.39, 0.29) is 6.61 Å². The van der Waals surface area contributed by atoms with E-state index in [1.165, 1.54) is 0 Å². The number of rotatable bonds is 4. The number of nitrogens with zero attached hydrogens (tertiary/aromatic N) is 1. The summed E-state index contributed by atoms with van der Waals surface area (Å²) < 4.78 is 42.4. The molecule has 1 atom stereocenters. The molecule has 0 spiro atoms. The van der Waals surface area contributed by atoms with Gasteiger partial charge in [0.25, 0.3) is 0 Å². The van der Waals surface area contributed by atoms with Gasteiger partial charge in [-0.1, -0.05) is 0 Å². The Balaban J connectivity index is 2.92. The van der Waals surface area contributed by atoms with Crippen molar-refractivity contribution >= 4 is 5.97 Å². The number of ether oxygens (including phenoxy) is 1. The Bertz CT molecular complexity index is 420. The van der Waals surface area contributed by atoms with Crippen molar-refractivity contribution in [2.75, 3.05) is 6.61 Å². The molecule has 0 aliphatic rings. The minimum atomic E-state index is -4.63. The summed E-state index contributed by atoms with van der Waals surface area (Å²) in [6.45, 7) is 1.66. The van der Waals surface area contributed by atoms with Gasteiger partial charge < -0.3 is 9.84 Å². The second-order valence-electron chi connectivity index (χ2n) is 3.46. The van der Waals surface area contributed by atoms with Gasteiger partial charge >= 0.3 is 12.1 Å². The zero-order valence-electron chi connectivity index (χ0n) is 9.57. The van der Waals surface area contributed by atoms with E-state index in [9.17, 15) is 23.1 Å². The fraction of sp³-hybridized carbons (Fsp3) is 0.455. The summed E-state index contributed by atoms with van der Waals surface area (Å²) in [6, 6.07) is 1.92. The molecule has 1 aromatic heterocycles.